The summed E-state index contributed by atoms with van der Waals surface area (Å²) in [4.78, 5) is 18.7. The van der Waals surface area contributed by atoms with E-state index in [2.05, 4.69) is 27.1 Å². The van der Waals surface area contributed by atoms with Crippen molar-refractivity contribution in [3.05, 3.63) is 83.1 Å². The highest BCUT2D eigenvalue weighted by molar-refractivity contribution is 6.04. The highest BCUT2D eigenvalue weighted by atomic mass is 19.1. The van der Waals surface area contributed by atoms with E-state index in [4.69, 9.17) is 14.2 Å². The number of aryl methyl sites for hydroxylation is 2. The van der Waals surface area contributed by atoms with Gasteiger partial charge in [0.1, 0.15) is 17.3 Å². The Morgan fingerprint density at radius 2 is 1.87 bits per heavy atom. The van der Waals surface area contributed by atoms with Gasteiger partial charge < -0.3 is 24.3 Å². The Balaban J connectivity index is 1.32. The fraction of sp³-hybridized carbons (Fsp3) is 0.389. The maximum absolute atomic E-state index is 15.9. The second-order valence-corrected chi connectivity index (χ2v) is 11.7. The van der Waals surface area contributed by atoms with Crippen LogP contribution in [0.4, 0.5) is 4.39 Å². The number of morpholine rings is 1. The van der Waals surface area contributed by atoms with E-state index in [0.717, 1.165) is 40.6 Å². The van der Waals surface area contributed by atoms with Crippen LogP contribution in [0, 0.1) is 12.7 Å². The van der Waals surface area contributed by atoms with Crippen molar-refractivity contribution in [1.82, 2.24) is 19.7 Å². The van der Waals surface area contributed by atoms with Crippen molar-refractivity contribution in [1.29, 1.82) is 0 Å². The molecule has 3 heterocycles. The van der Waals surface area contributed by atoms with E-state index in [9.17, 15) is 9.90 Å². The Kier molecular flexibility index (Phi) is 9.67. The van der Waals surface area contributed by atoms with Crippen molar-refractivity contribution in [2.75, 3.05) is 46.1 Å². The molecule has 0 saturated carbocycles. The van der Waals surface area contributed by atoms with Gasteiger partial charge in [-0.15, -0.1) is 0 Å². The number of halogens is 1. The van der Waals surface area contributed by atoms with Gasteiger partial charge in [0.05, 0.1) is 43.7 Å². The van der Waals surface area contributed by atoms with Gasteiger partial charge in [0.15, 0.2) is 0 Å². The normalized spacial score (nSPS) is 14.6. The van der Waals surface area contributed by atoms with E-state index in [0.29, 0.717) is 73.8 Å². The fourth-order valence-electron chi connectivity index (χ4n) is 6.37. The van der Waals surface area contributed by atoms with Crippen molar-refractivity contribution < 1.29 is 28.5 Å². The van der Waals surface area contributed by atoms with Crippen LogP contribution in [0.25, 0.3) is 32.8 Å². The number of rotatable bonds is 12. The Labute approximate surface area is 267 Å². The molecule has 0 amide bonds. The van der Waals surface area contributed by atoms with Gasteiger partial charge in [-0.25, -0.2) is 9.18 Å². The molecule has 1 saturated heterocycles. The molecule has 0 bridgehead atoms. The number of hydrogen-bond acceptors (Lipinski definition) is 7. The number of aliphatic hydroxyl groups excluding tert-OH is 1. The molecule has 2 aromatic heterocycles. The molecule has 0 spiro atoms. The molecule has 1 fully saturated rings. The number of hydrogen-bond donors (Lipinski definition) is 2. The molecule has 1 aliphatic rings. The van der Waals surface area contributed by atoms with Crippen LogP contribution in [-0.2, 0) is 22.9 Å². The number of benzene rings is 3. The standard InChI is InChI=1S/C36H41FN4O5/c1-4-45-36(43)34-26(12-8-20-46-30-13-7-10-24-9-5-6-11-25(24)30)27-14-15-28(37)32(33(27)38-34)31-23(2)40(3)39-35(31)29(42)16-17-41-18-21-44-22-19-41/h5-7,9-11,13-15,29,38,42H,4,8,12,16-22H2,1-3H3/t29-/m1/s1. The summed E-state index contributed by atoms with van der Waals surface area (Å²) in [6.45, 7) is 7.89. The highest BCUT2D eigenvalue weighted by Gasteiger charge is 2.28. The van der Waals surface area contributed by atoms with Crippen LogP contribution in [0.5, 0.6) is 5.75 Å². The number of carbonyl (C=O) groups excluding carboxylic acids is 1. The topological polar surface area (TPSA) is 102 Å². The number of nitrogens with zero attached hydrogens (tertiary/aromatic N) is 3. The zero-order valence-corrected chi connectivity index (χ0v) is 26.6. The Bertz CT molecular complexity index is 1840. The van der Waals surface area contributed by atoms with Gasteiger partial charge in [0.25, 0.3) is 0 Å². The van der Waals surface area contributed by atoms with Crippen LogP contribution in [0.2, 0.25) is 0 Å². The minimum absolute atomic E-state index is 0.209. The molecule has 1 atom stereocenters. The molecule has 9 nitrogen and oxygen atoms in total. The summed E-state index contributed by atoms with van der Waals surface area (Å²) >= 11 is 0. The average molecular weight is 629 g/mol. The highest BCUT2D eigenvalue weighted by Crippen LogP contribution is 2.40. The number of nitrogens with one attached hydrogen (secondary N) is 1. The molecule has 0 aliphatic carbocycles. The zero-order chi connectivity index (χ0) is 32.2. The first kappa shape index (κ1) is 31.7. The number of aromatic amines is 1. The second-order valence-electron chi connectivity index (χ2n) is 11.7. The molecular weight excluding hydrogens is 587 g/mol. The number of esters is 1. The minimum atomic E-state index is -0.905. The van der Waals surface area contributed by atoms with Crippen molar-refractivity contribution in [3.63, 3.8) is 0 Å². The van der Waals surface area contributed by atoms with Crippen LogP contribution >= 0.6 is 0 Å². The minimum Gasteiger partial charge on any atom is -0.493 e. The van der Waals surface area contributed by atoms with Gasteiger partial charge >= 0.3 is 5.97 Å². The SMILES string of the molecule is CCOC(=O)c1[nH]c2c(-c3c([C@H](O)CCN4CCOCC4)nn(C)c3C)c(F)ccc2c1CCCOc1cccc2ccccc12. The van der Waals surface area contributed by atoms with Crippen molar-refractivity contribution in [2.24, 2.45) is 7.05 Å². The number of ether oxygens (including phenoxy) is 3. The molecule has 0 unspecified atom stereocenters. The summed E-state index contributed by atoms with van der Waals surface area (Å²) in [5.41, 5.74) is 3.46. The van der Waals surface area contributed by atoms with Crippen LogP contribution in [-0.4, -0.2) is 76.8 Å². The number of H-pyrrole nitrogens is 1. The van der Waals surface area contributed by atoms with E-state index in [1.807, 2.05) is 37.3 Å². The second kappa shape index (κ2) is 14.0. The van der Waals surface area contributed by atoms with Crippen LogP contribution in [0.15, 0.2) is 54.6 Å². The third-order valence-corrected chi connectivity index (χ3v) is 8.84. The lowest BCUT2D eigenvalue weighted by Gasteiger charge is -2.27. The van der Waals surface area contributed by atoms with Gasteiger partial charge in [0, 0.05) is 54.3 Å². The van der Waals surface area contributed by atoms with Gasteiger partial charge in [0.2, 0.25) is 0 Å². The zero-order valence-electron chi connectivity index (χ0n) is 26.6. The van der Waals surface area contributed by atoms with Crippen LogP contribution in [0.1, 0.15) is 53.3 Å². The molecule has 0 radical (unpaired) electrons. The Morgan fingerprint density at radius 1 is 1.09 bits per heavy atom. The first-order chi connectivity index (χ1) is 22.4. The largest absolute Gasteiger partial charge is 0.493 e. The average Bonchev–Trinajstić information content (AvgIpc) is 3.59. The number of carbonyl (C=O) groups is 1. The number of fused-ring (bicyclic) bond motifs is 2. The third kappa shape index (κ3) is 6.38. The molecule has 2 N–H and O–H groups in total. The first-order valence-electron chi connectivity index (χ1n) is 16.0. The lowest BCUT2D eigenvalue weighted by atomic mass is 9.95. The summed E-state index contributed by atoms with van der Waals surface area (Å²) in [6.07, 6.45) is 0.664. The molecule has 46 heavy (non-hydrogen) atoms. The Morgan fingerprint density at radius 3 is 2.67 bits per heavy atom. The van der Waals surface area contributed by atoms with E-state index >= 15 is 4.39 Å². The predicted octanol–water partition coefficient (Wildman–Crippen LogP) is 6.11. The predicted molar refractivity (Wildman–Crippen MR) is 176 cm³/mol. The summed E-state index contributed by atoms with van der Waals surface area (Å²) in [6, 6.07) is 17.2. The molecule has 3 aromatic carbocycles. The molecule has 6 rings (SSSR count). The molecule has 10 heteroatoms. The van der Waals surface area contributed by atoms with Crippen molar-refractivity contribution >= 4 is 27.6 Å². The number of aromatic nitrogens is 3. The van der Waals surface area contributed by atoms with Gasteiger partial charge in [-0.05, 0) is 62.3 Å². The van der Waals surface area contributed by atoms with E-state index in [1.165, 1.54) is 6.07 Å². The van der Waals surface area contributed by atoms with Gasteiger partial charge in [-0.1, -0.05) is 36.4 Å². The number of aliphatic hydroxyl groups is 1. The first-order valence-corrected chi connectivity index (χ1v) is 16.0. The van der Waals surface area contributed by atoms with E-state index in [-0.39, 0.29) is 12.2 Å². The lowest BCUT2D eigenvalue weighted by molar-refractivity contribution is 0.0297. The molecule has 1 aliphatic heterocycles. The lowest BCUT2D eigenvalue weighted by Crippen LogP contribution is -2.37. The summed E-state index contributed by atoms with van der Waals surface area (Å²) < 4.78 is 34.6. The molecule has 5 aromatic rings. The van der Waals surface area contributed by atoms with Crippen molar-refractivity contribution in [2.45, 2.75) is 39.2 Å². The van der Waals surface area contributed by atoms with Crippen molar-refractivity contribution in [3.8, 4) is 16.9 Å². The quantitative estimate of drug-likeness (QED) is 0.127. The Hall–Kier alpha value is -4.25. The van der Waals surface area contributed by atoms with Gasteiger partial charge in [-0.2, -0.15) is 5.10 Å². The summed E-state index contributed by atoms with van der Waals surface area (Å²) in [5, 5.41) is 18.9. The van der Waals surface area contributed by atoms with Gasteiger partial charge in [-0.3, -0.25) is 9.58 Å². The van der Waals surface area contributed by atoms with Crippen LogP contribution < -0.4 is 4.74 Å². The van der Waals surface area contributed by atoms with E-state index in [1.54, 1.807) is 24.7 Å². The summed E-state index contributed by atoms with van der Waals surface area (Å²) in [5.74, 6) is -0.157. The van der Waals surface area contributed by atoms with Crippen LogP contribution in [0.3, 0.4) is 0 Å². The monoisotopic (exact) mass is 628 g/mol. The smallest absolute Gasteiger partial charge is 0.355 e. The maximum atomic E-state index is 15.9. The third-order valence-electron chi connectivity index (χ3n) is 8.84. The summed E-state index contributed by atoms with van der Waals surface area (Å²) in [7, 11) is 1.79. The van der Waals surface area contributed by atoms with E-state index < -0.39 is 17.9 Å². The molecule has 242 valence electrons. The maximum Gasteiger partial charge on any atom is 0.355 e. The molecular formula is C36H41FN4O5. The fourth-order valence-corrected chi connectivity index (χ4v) is 6.37.